The second-order valence-corrected chi connectivity index (χ2v) is 10.3. The molecule has 2 radical (unpaired) electrons. The largest absolute Gasteiger partial charge is 0.505 e. The minimum atomic E-state index is -4.59. The number of phenols is 1. The Morgan fingerprint density at radius 1 is 0.784 bits per heavy atom. The average Bonchev–Trinajstić information content (AvgIpc) is 2.82. The molecule has 37 heavy (non-hydrogen) atoms. The van der Waals surface area contributed by atoms with Gasteiger partial charge in [0.25, 0.3) is 26.1 Å². The minimum absolute atomic E-state index is 0. The van der Waals surface area contributed by atoms with Crippen LogP contribution in [0.3, 0.4) is 0 Å². The van der Waals surface area contributed by atoms with Crippen LogP contribution >= 0.6 is 0 Å². The predicted octanol–water partition coefficient (Wildman–Crippen LogP) is 4.33. The van der Waals surface area contributed by atoms with Crippen molar-refractivity contribution in [3.8, 4) is 5.75 Å². The van der Waals surface area contributed by atoms with Crippen molar-refractivity contribution >= 4 is 103 Å². The Balaban J connectivity index is 0.00000380. The van der Waals surface area contributed by atoms with Gasteiger partial charge in [0.1, 0.15) is 16.3 Å². The van der Waals surface area contributed by atoms with E-state index >= 15 is 0 Å². The van der Waals surface area contributed by atoms with Crippen molar-refractivity contribution in [1.29, 1.82) is 0 Å². The molecule has 11 nitrogen and oxygen atoms in total. The molecule has 0 saturated heterocycles. The summed E-state index contributed by atoms with van der Waals surface area (Å²) in [6.45, 7) is 0. The molecule has 0 aliphatic heterocycles. The number of phenolic OH excluding ortho intramolecular Hbond substituents is 1. The van der Waals surface area contributed by atoms with Gasteiger partial charge in [0.05, 0.1) is 10.5 Å². The van der Waals surface area contributed by atoms with E-state index in [2.05, 4.69) is 15.5 Å². The maximum Gasteiger partial charge on any atom is 0.296 e. The van der Waals surface area contributed by atoms with Gasteiger partial charge in [-0.1, -0.05) is 36.4 Å². The Labute approximate surface area is 251 Å². The van der Waals surface area contributed by atoms with Gasteiger partial charge in [-0.15, -0.1) is 10.2 Å². The molecular weight excluding hydrogens is 648 g/mol. The van der Waals surface area contributed by atoms with Crippen LogP contribution in [0.15, 0.2) is 98.9 Å². The number of azo groups is 1. The quantitative estimate of drug-likeness (QED) is 0.133. The topological polar surface area (TPSA) is 183 Å². The Morgan fingerprint density at radius 3 is 2.05 bits per heavy atom. The van der Waals surface area contributed by atoms with E-state index in [9.17, 15) is 31.3 Å². The number of aromatic hydroxyl groups is 1. The van der Waals surface area contributed by atoms with Crippen LogP contribution in [0.25, 0.3) is 10.8 Å². The van der Waals surface area contributed by atoms with E-state index in [0.29, 0.717) is 10.8 Å². The monoisotopic (exact) mass is 665 g/mol. The number of benzene rings is 4. The van der Waals surface area contributed by atoms with Gasteiger partial charge in [0.2, 0.25) is 0 Å². The third-order valence-corrected chi connectivity index (χ3v) is 6.82. The number of amides is 1. The standard InChI is InChI=1S/C23H17N3O8S2.Ba/c27-22-18(23(28)24-15-9-11-16(12-10-15)35(29,30)31)13-14-5-1-2-6-17(14)21(22)26-25-19-7-3-4-8-20(19)36(32,33)34;/h1-13,27H,(H,24,28)(H,29,30,31)(H,32,33,34);. The van der Waals surface area contributed by atoms with Gasteiger partial charge in [-0.05, 0) is 47.9 Å². The molecule has 0 aliphatic rings. The number of rotatable bonds is 6. The summed E-state index contributed by atoms with van der Waals surface area (Å²) in [6.07, 6.45) is 0. The molecule has 0 spiro atoms. The maximum absolute atomic E-state index is 12.9. The van der Waals surface area contributed by atoms with E-state index in [1.165, 1.54) is 36.4 Å². The molecule has 4 aromatic carbocycles. The van der Waals surface area contributed by atoms with E-state index in [1.54, 1.807) is 24.3 Å². The maximum atomic E-state index is 12.9. The average molecular weight is 665 g/mol. The molecule has 0 saturated carbocycles. The van der Waals surface area contributed by atoms with Gasteiger partial charge in [-0.2, -0.15) is 16.8 Å². The van der Waals surface area contributed by atoms with Crippen molar-refractivity contribution in [3.05, 3.63) is 84.4 Å². The fourth-order valence-electron chi connectivity index (χ4n) is 3.36. The van der Waals surface area contributed by atoms with E-state index in [1.807, 2.05) is 0 Å². The van der Waals surface area contributed by atoms with Crippen LogP contribution in [0.2, 0.25) is 0 Å². The van der Waals surface area contributed by atoms with E-state index in [-0.39, 0.29) is 76.4 Å². The van der Waals surface area contributed by atoms with Crippen molar-refractivity contribution in [2.45, 2.75) is 9.79 Å². The molecule has 4 rings (SSSR count). The van der Waals surface area contributed by atoms with Gasteiger partial charge in [-0.25, -0.2) is 0 Å². The molecule has 4 aromatic rings. The summed E-state index contributed by atoms with van der Waals surface area (Å²) in [5.74, 6) is -1.30. The third kappa shape index (κ3) is 6.65. The summed E-state index contributed by atoms with van der Waals surface area (Å²) in [6, 6.07) is 18.1. The number of carbonyl (C=O) groups is 1. The molecule has 0 fully saturated rings. The zero-order valence-corrected chi connectivity index (χ0v) is 24.9. The number of nitrogens with one attached hydrogen (secondary N) is 1. The number of hydrogen-bond donors (Lipinski definition) is 4. The normalized spacial score (nSPS) is 11.8. The Morgan fingerprint density at radius 2 is 1.41 bits per heavy atom. The molecule has 1 amide bonds. The summed E-state index contributed by atoms with van der Waals surface area (Å²) in [5.41, 5.74) is -0.308. The second-order valence-electron chi connectivity index (χ2n) is 7.44. The summed E-state index contributed by atoms with van der Waals surface area (Å²) in [7, 11) is -9.00. The van der Waals surface area contributed by atoms with Crippen molar-refractivity contribution in [2.75, 3.05) is 5.32 Å². The number of anilines is 1. The van der Waals surface area contributed by atoms with Gasteiger partial charge < -0.3 is 10.4 Å². The van der Waals surface area contributed by atoms with Gasteiger partial charge in [-0.3, -0.25) is 13.9 Å². The van der Waals surface area contributed by atoms with Crippen molar-refractivity contribution in [1.82, 2.24) is 0 Å². The zero-order chi connectivity index (χ0) is 26.1. The number of hydrogen-bond acceptors (Lipinski definition) is 8. The van der Waals surface area contributed by atoms with Gasteiger partial charge >= 0.3 is 0 Å². The first-order chi connectivity index (χ1) is 16.9. The zero-order valence-electron chi connectivity index (χ0n) is 18.8. The van der Waals surface area contributed by atoms with Gasteiger partial charge in [0, 0.05) is 60.0 Å². The van der Waals surface area contributed by atoms with Crippen molar-refractivity contribution < 1.29 is 35.8 Å². The summed E-state index contributed by atoms with van der Waals surface area (Å²) in [4.78, 5) is 12.1. The molecule has 14 heteroatoms. The molecule has 4 N–H and O–H groups in total. The molecule has 0 heterocycles. The van der Waals surface area contributed by atoms with Crippen LogP contribution < -0.4 is 5.32 Å². The van der Waals surface area contributed by atoms with Crippen LogP contribution in [-0.4, -0.2) is 85.8 Å². The molecular formula is C23H17BaN3O8S2. The smallest absolute Gasteiger partial charge is 0.296 e. The van der Waals surface area contributed by atoms with E-state index in [4.69, 9.17) is 4.55 Å². The first-order valence-corrected chi connectivity index (χ1v) is 12.9. The first-order valence-electron chi connectivity index (χ1n) is 10.1. The number of nitrogens with zero attached hydrogens (tertiary/aromatic N) is 2. The SMILES string of the molecule is O=C(Nc1ccc(S(=O)(=O)O)cc1)c1cc2ccccc2c(N=Nc2ccccc2S(=O)(=O)O)c1O.[Ba]. The molecule has 0 bridgehead atoms. The van der Waals surface area contributed by atoms with Crippen LogP contribution in [0.5, 0.6) is 5.75 Å². The summed E-state index contributed by atoms with van der Waals surface area (Å²) in [5, 5.41) is 22.2. The van der Waals surface area contributed by atoms with Crippen LogP contribution in [0.4, 0.5) is 17.1 Å². The van der Waals surface area contributed by atoms with Crippen molar-refractivity contribution in [2.24, 2.45) is 10.2 Å². The Kier molecular flexibility index (Phi) is 8.94. The van der Waals surface area contributed by atoms with Crippen LogP contribution in [0, 0.1) is 0 Å². The fourth-order valence-corrected chi connectivity index (χ4v) is 4.47. The summed E-state index contributed by atoms with van der Waals surface area (Å²) >= 11 is 0. The fraction of sp³-hybridized carbons (Fsp3) is 0. The molecule has 0 atom stereocenters. The number of carbonyl (C=O) groups excluding carboxylic acids is 1. The van der Waals surface area contributed by atoms with E-state index in [0.717, 1.165) is 18.2 Å². The minimum Gasteiger partial charge on any atom is -0.505 e. The Bertz CT molecular complexity index is 1740. The third-order valence-electron chi connectivity index (χ3n) is 5.05. The second kappa shape index (κ2) is 11.4. The summed E-state index contributed by atoms with van der Waals surface area (Å²) < 4.78 is 64.2. The van der Waals surface area contributed by atoms with Gasteiger partial charge in [0.15, 0.2) is 5.75 Å². The molecule has 0 aromatic heterocycles. The molecule has 186 valence electrons. The molecule has 0 aliphatic carbocycles. The molecule has 0 unspecified atom stereocenters. The first kappa shape index (κ1) is 29.0. The van der Waals surface area contributed by atoms with Crippen LogP contribution in [0.1, 0.15) is 10.4 Å². The van der Waals surface area contributed by atoms with E-state index < -0.39 is 36.8 Å². The van der Waals surface area contributed by atoms with Crippen molar-refractivity contribution in [3.63, 3.8) is 0 Å². The Hall–Kier alpha value is -2.60. The number of fused-ring (bicyclic) bond motifs is 1. The van der Waals surface area contributed by atoms with Crippen LogP contribution in [-0.2, 0) is 20.2 Å². The predicted molar refractivity (Wildman–Crippen MR) is 136 cm³/mol.